The van der Waals surface area contributed by atoms with Crippen LogP contribution in [-0.4, -0.2) is 48.5 Å². The van der Waals surface area contributed by atoms with Gasteiger partial charge >= 0.3 is 6.09 Å². The van der Waals surface area contributed by atoms with E-state index in [0.29, 0.717) is 18.8 Å². The molecule has 1 unspecified atom stereocenters. The third kappa shape index (κ3) is 3.01. The highest BCUT2D eigenvalue weighted by molar-refractivity contribution is 5.66. The summed E-state index contributed by atoms with van der Waals surface area (Å²) in [6.07, 6.45) is 2.09. The van der Waals surface area contributed by atoms with Gasteiger partial charge in [-0.1, -0.05) is 0 Å². The molecule has 4 N–H and O–H groups in total. The quantitative estimate of drug-likeness (QED) is 0.707. The molecule has 0 aliphatic carbocycles. The molecule has 0 spiro atoms. The van der Waals surface area contributed by atoms with Crippen LogP contribution in [0.25, 0.3) is 0 Å². The van der Waals surface area contributed by atoms with Crippen molar-refractivity contribution in [1.82, 2.24) is 10.3 Å². The number of aromatic nitrogens is 1. The van der Waals surface area contributed by atoms with Crippen molar-refractivity contribution >= 4 is 17.5 Å². The van der Waals surface area contributed by atoms with Crippen LogP contribution in [-0.2, 0) is 4.74 Å². The number of anilines is 2. The summed E-state index contributed by atoms with van der Waals surface area (Å²) in [7, 11) is 0. The zero-order valence-electron chi connectivity index (χ0n) is 9.87. The van der Waals surface area contributed by atoms with Crippen molar-refractivity contribution in [2.45, 2.75) is 6.10 Å². The summed E-state index contributed by atoms with van der Waals surface area (Å²) < 4.78 is 5.50. The Morgan fingerprint density at radius 2 is 2.56 bits per heavy atom. The van der Waals surface area contributed by atoms with Crippen molar-refractivity contribution in [2.75, 3.05) is 36.9 Å². The Hall–Kier alpha value is -2.02. The Morgan fingerprint density at radius 1 is 1.72 bits per heavy atom. The second-order valence-electron chi connectivity index (χ2n) is 4.06. The maximum absolute atomic E-state index is 10.4. The fourth-order valence-electron chi connectivity index (χ4n) is 1.95. The van der Waals surface area contributed by atoms with Gasteiger partial charge < -0.3 is 25.8 Å². The van der Waals surface area contributed by atoms with Crippen LogP contribution in [0.2, 0.25) is 0 Å². The lowest BCUT2D eigenvalue weighted by molar-refractivity contribution is 0.0411. The standard InChI is InChI=1S/C11H16N4O3/c12-9-6-13-2-1-10(9)15-3-4-18-8(7-15)5-14-11(16)17/h1-2,6,8,14H,3-5,7,12H2,(H,16,17). The van der Waals surface area contributed by atoms with Crippen LogP contribution in [0.5, 0.6) is 0 Å². The summed E-state index contributed by atoms with van der Waals surface area (Å²) in [6, 6.07) is 1.85. The van der Waals surface area contributed by atoms with Crippen LogP contribution in [0.15, 0.2) is 18.5 Å². The smallest absolute Gasteiger partial charge is 0.404 e. The average Bonchev–Trinajstić information content (AvgIpc) is 2.37. The van der Waals surface area contributed by atoms with Gasteiger partial charge in [0.15, 0.2) is 0 Å². The Bertz CT molecular complexity index is 427. The average molecular weight is 252 g/mol. The molecular weight excluding hydrogens is 236 g/mol. The molecule has 0 radical (unpaired) electrons. The number of nitrogens with zero attached hydrogens (tertiary/aromatic N) is 2. The molecule has 0 saturated carbocycles. The molecule has 1 amide bonds. The number of ether oxygens (including phenoxy) is 1. The van der Waals surface area contributed by atoms with Crippen LogP contribution < -0.4 is 16.0 Å². The summed E-state index contributed by atoms with van der Waals surface area (Å²) >= 11 is 0. The summed E-state index contributed by atoms with van der Waals surface area (Å²) in [5.41, 5.74) is 7.39. The molecule has 1 atom stereocenters. The van der Waals surface area contributed by atoms with E-state index >= 15 is 0 Å². The maximum atomic E-state index is 10.4. The van der Waals surface area contributed by atoms with E-state index < -0.39 is 6.09 Å². The number of carboxylic acid groups (broad SMARTS) is 1. The van der Waals surface area contributed by atoms with Gasteiger partial charge in [-0.3, -0.25) is 4.98 Å². The Balaban J connectivity index is 1.98. The van der Waals surface area contributed by atoms with Crippen LogP contribution in [0, 0.1) is 0 Å². The highest BCUT2D eigenvalue weighted by Gasteiger charge is 2.22. The van der Waals surface area contributed by atoms with Gasteiger partial charge in [-0.05, 0) is 6.07 Å². The predicted octanol–water partition coefficient (Wildman–Crippen LogP) is 0.137. The van der Waals surface area contributed by atoms with Crippen molar-refractivity contribution in [3.05, 3.63) is 18.5 Å². The molecule has 0 aromatic carbocycles. The minimum Gasteiger partial charge on any atom is -0.465 e. The highest BCUT2D eigenvalue weighted by Crippen LogP contribution is 2.23. The first-order valence-corrected chi connectivity index (χ1v) is 5.69. The van der Waals surface area contributed by atoms with E-state index in [4.69, 9.17) is 15.6 Å². The zero-order chi connectivity index (χ0) is 13.0. The highest BCUT2D eigenvalue weighted by atomic mass is 16.5. The largest absolute Gasteiger partial charge is 0.465 e. The van der Waals surface area contributed by atoms with E-state index in [9.17, 15) is 4.79 Å². The third-order valence-electron chi connectivity index (χ3n) is 2.79. The van der Waals surface area contributed by atoms with Crippen molar-refractivity contribution in [3.8, 4) is 0 Å². The van der Waals surface area contributed by atoms with Crippen LogP contribution in [0.1, 0.15) is 0 Å². The first-order chi connectivity index (χ1) is 8.66. The number of hydrogen-bond donors (Lipinski definition) is 3. The molecule has 7 heteroatoms. The number of morpholine rings is 1. The predicted molar refractivity (Wildman–Crippen MR) is 66.6 cm³/mol. The molecule has 0 bridgehead atoms. The van der Waals surface area contributed by atoms with E-state index in [1.165, 1.54) is 0 Å². The van der Waals surface area contributed by atoms with Crippen molar-refractivity contribution in [3.63, 3.8) is 0 Å². The fourth-order valence-corrected chi connectivity index (χ4v) is 1.95. The summed E-state index contributed by atoms with van der Waals surface area (Å²) in [5, 5.41) is 10.9. The second kappa shape index (κ2) is 5.54. The molecule has 7 nitrogen and oxygen atoms in total. The first kappa shape index (κ1) is 12.4. The number of nitrogens with one attached hydrogen (secondary N) is 1. The molecular formula is C11H16N4O3. The first-order valence-electron chi connectivity index (χ1n) is 5.69. The number of carbonyl (C=O) groups is 1. The molecule has 98 valence electrons. The molecule has 1 fully saturated rings. The SMILES string of the molecule is Nc1cnccc1N1CCOC(CNC(=O)O)C1. The topological polar surface area (TPSA) is 101 Å². The van der Waals surface area contributed by atoms with E-state index in [1.807, 2.05) is 6.07 Å². The van der Waals surface area contributed by atoms with Gasteiger partial charge in [-0.15, -0.1) is 0 Å². The maximum Gasteiger partial charge on any atom is 0.404 e. The molecule has 1 aliphatic heterocycles. The molecule has 2 heterocycles. The van der Waals surface area contributed by atoms with Gasteiger partial charge in [0.1, 0.15) is 0 Å². The summed E-state index contributed by atoms with van der Waals surface area (Å²) in [4.78, 5) is 16.5. The fraction of sp³-hybridized carbons (Fsp3) is 0.455. The lowest BCUT2D eigenvalue weighted by Gasteiger charge is -2.34. The minimum absolute atomic E-state index is 0.164. The number of nitrogen functional groups attached to an aromatic ring is 1. The van der Waals surface area contributed by atoms with E-state index in [-0.39, 0.29) is 12.6 Å². The van der Waals surface area contributed by atoms with Gasteiger partial charge in [0, 0.05) is 25.8 Å². The van der Waals surface area contributed by atoms with E-state index in [0.717, 1.165) is 12.2 Å². The number of pyridine rings is 1. The van der Waals surface area contributed by atoms with Crippen molar-refractivity contribution in [2.24, 2.45) is 0 Å². The van der Waals surface area contributed by atoms with Gasteiger partial charge in [0.25, 0.3) is 0 Å². The summed E-state index contributed by atoms with van der Waals surface area (Å²) in [5.74, 6) is 0. The number of rotatable bonds is 3. The van der Waals surface area contributed by atoms with E-state index in [2.05, 4.69) is 15.2 Å². The number of nitrogens with two attached hydrogens (primary N) is 1. The van der Waals surface area contributed by atoms with E-state index in [1.54, 1.807) is 12.4 Å². The molecule has 18 heavy (non-hydrogen) atoms. The normalized spacial score (nSPS) is 19.6. The van der Waals surface area contributed by atoms with Crippen molar-refractivity contribution < 1.29 is 14.6 Å². The minimum atomic E-state index is -1.04. The van der Waals surface area contributed by atoms with Crippen LogP contribution >= 0.6 is 0 Å². The number of amides is 1. The van der Waals surface area contributed by atoms with Gasteiger partial charge in [-0.25, -0.2) is 4.79 Å². The van der Waals surface area contributed by atoms with Gasteiger partial charge in [-0.2, -0.15) is 0 Å². The molecule has 1 aromatic rings. The Morgan fingerprint density at radius 3 is 3.28 bits per heavy atom. The molecule has 1 aromatic heterocycles. The summed E-state index contributed by atoms with van der Waals surface area (Å²) in [6.45, 7) is 2.16. The third-order valence-corrected chi connectivity index (χ3v) is 2.79. The lowest BCUT2D eigenvalue weighted by atomic mass is 10.2. The Labute approximate surface area is 105 Å². The molecule has 1 aliphatic rings. The number of hydrogen-bond acceptors (Lipinski definition) is 5. The molecule has 1 saturated heterocycles. The van der Waals surface area contributed by atoms with Crippen LogP contribution in [0.4, 0.5) is 16.2 Å². The van der Waals surface area contributed by atoms with Gasteiger partial charge in [0.2, 0.25) is 0 Å². The van der Waals surface area contributed by atoms with Crippen LogP contribution in [0.3, 0.4) is 0 Å². The Kier molecular flexibility index (Phi) is 3.83. The molecule has 2 rings (SSSR count). The second-order valence-corrected chi connectivity index (χ2v) is 4.06. The van der Waals surface area contributed by atoms with Gasteiger partial charge in [0.05, 0.1) is 30.3 Å². The van der Waals surface area contributed by atoms with Crippen molar-refractivity contribution in [1.29, 1.82) is 0 Å². The lowest BCUT2D eigenvalue weighted by Crippen LogP contribution is -2.47. The monoisotopic (exact) mass is 252 g/mol. The zero-order valence-corrected chi connectivity index (χ0v) is 9.87.